The summed E-state index contributed by atoms with van der Waals surface area (Å²) in [5.41, 5.74) is 5.54. The number of alkyl halides is 6. The Kier molecular flexibility index (Phi) is 11.7. The lowest BCUT2D eigenvalue weighted by atomic mass is 10.0. The third-order valence-electron chi connectivity index (χ3n) is 5.68. The zero-order valence-corrected chi connectivity index (χ0v) is 22.1. The number of carboxylic acid groups (broad SMARTS) is 1. The number of halogens is 6. The molecule has 2 unspecified atom stereocenters. The Morgan fingerprint density at radius 1 is 1.10 bits per heavy atom. The minimum absolute atomic E-state index is 0.0291. The van der Waals surface area contributed by atoms with Crippen LogP contribution in [0.5, 0.6) is 5.75 Å². The lowest BCUT2D eigenvalue weighted by Gasteiger charge is -2.20. The fraction of sp³-hybridized carbons (Fsp3) is 0.385. The molecule has 0 bridgehead atoms. The number of carbonyl (C=O) groups is 3. The molecule has 1 heterocycles. The molecule has 10 nitrogen and oxygen atoms in total. The Hall–Kier alpha value is -4.34. The average molecular weight is 607 g/mol. The van der Waals surface area contributed by atoms with Crippen LogP contribution < -0.4 is 21.1 Å². The molecule has 6 N–H and O–H groups in total. The number of nitrogens with two attached hydrogens (primary N) is 1. The van der Waals surface area contributed by atoms with Crippen molar-refractivity contribution in [3.05, 3.63) is 59.2 Å². The Labute approximate surface area is 235 Å². The Balaban J connectivity index is 0.000000782. The van der Waals surface area contributed by atoms with Gasteiger partial charge in [0.15, 0.2) is 0 Å². The zero-order valence-electron chi connectivity index (χ0n) is 22.1. The Morgan fingerprint density at radius 3 is 2.21 bits per heavy atom. The number of rotatable bonds is 9. The summed E-state index contributed by atoms with van der Waals surface area (Å²) >= 11 is 0. The number of anilines is 1. The van der Waals surface area contributed by atoms with Crippen molar-refractivity contribution in [1.29, 1.82) is 5.41 Å². The normalized spacial score (nSPS) is 15.5. The molecular formula is C26H28F6N4O6. The molecule has 0 aromatic heterocycles. The molecule has 3 rings (SSSR count). The van der Waals surface area contributed by atoms with Gasteiger partial charge in [0, 0.05) is 17.9 Å². The summed E-state index contributed by atoms with van der Waals surface area (Å²) in [7, 11) is 0. The van der Waals surface area contributed by atoms with E-state index >= 15 is 0 Å². The van der Waals surface area contributed by atoms with E-state index in [1.807, 2.05) is 0 Å². The standard InChI is InChI=1S/C24H27F3N4O4.C2HF3O2/c1-14(30-21(32)12-22(33)31-17-7-4-15(5-8-17)23(28)29)16-6-9-20(19(11-16)24(25,26)27)35-13-18-3-2-10-34-18;3-2(4,5)1(6)7/h4-9,11,14,18H,2-3,10,12-13H2,1H3,(H3,28,29)(H,30,32)(H,31,33);(H,6,7). The second kappa shape index (κ2) is 14.5. The van der Waals surface area contributed by atoms with Crippen LogP contribution in [-0.4, -0.2) is 54.2 Å². The maximum absolute atomic E-state index is 13.6. The monoisotopic (exact) mass is 606 g/mol. The lowest BCUT2D eigenvalue weighted by Crippen LogP contribution is -2.30. The van der Waals surface area contributed by atoms with E-state index < -0.39 is 48.2 Å². The van der Waals surface area contributed by atoms with E-state index in [9.17, 15) is 35.9 Å². The summed E-state index contributed by atoms with van der Waals surface area (Å²) in [5, 5.41) is 19.6. The molecule has 42 heavy (non-hydrogen) atoms. The van der Waals surface area contributed by atoms with Gasteiger partial charge in [-0.05, 0) is 61.7 Å². The summed E-state index contributed by atoms with van der Waals surface area (Å²) in [5.74, 6) is -4.42. The second-order valence-corrected chi connectivity index (χ2v) is 9.01. The number of aliphatic carboxylic acids is 1. The smallest absolute Gasteiger partial charge is 0.490 e. The predicted molar refractivity (Wildman–Crippen MR) is 137 cm³/mol. The van der Waals surface area contributed by atoms with Gasteiger partial charge in [0.05, 0.1) is 17.7 Å². The maximum atomic E-state index is 13.6. The zero-order chi connectivity index (χ0) is 31.7. The molecule has 1 aliphatic rings. The molecule has 1 saturated heterocycles. The van der Waals surface area contributed by atoms with E-state index in [0.717, 1.165) is 18.9 Å². The number of benzene rings is 2. The molecule has 16 heteroatoms. The molecule has 0 saturated carbocycles. The fourth-order valence-corrected chi connectivity index (χ4v) is 3.58. The largest absolute Gasteiger partial charge is 0.490 e. The van der Waals surface area contributed by atoms with Crippen molar-refractivity contribution in [3.63, 3.8) is 0 Å². The topological polar surface area (TPSA) is 164 Å². The first-order valence-corrected chi connectivity index (χ1v) is 12.3. The van der Waals surface area contributed by atoms with Crippen LogP contribution in [0.15, 0.2) is 42.5 Å². The summed E-state index contributed by atoms with van der Waals surface area (Å²) in [4.78, 5) is 33.3. The highest BCUT2D eigenvalue weighted by molar-refractivity contribution is 6.04. The molecule has 1 fully saturated rings. The van der Waals surface area contributed by atoms with Gasteiger partial charge in [0.25, 0.3) is 0 Å². The van der Waals surface area contributed by atoms with Crippen LogP contribution in [0.3, 0.4) is 0 Å². The minimum Gasteiger partial charge on any atom is -0.490 e. The number of hydrogen-bond donors (Lipinski definition) is 5. The van der Waals surface area contributed by atoms with Gasteiger partial charge in [-0.3, -0.25) is 15.0 Å². The number of hydrogen-bond acceptors (Lipinski definition) is 6. The van der Waals surface area contributed by atoms with Crippen LogP contribution >= 0.6 is 0 Å². The van der Waals surface area contributed by atoms with E-state index in [1.165, 1.54) is 31.2 Å². The summed E-state index contributed by atoms with van der Waals surface area (Å²) in [6, 6.07) is 9.01. The van der Waals surface area contributed by atoms with Gasteiger partial charge in [-0.15, -0.1) is 0 Å². The van der Waals surface area contributed by atoms with E-state index in [2.05, 4.69) is 10.6 Å². The number of carboxylic acids is 1. The molecule has 2 aromatic carbocycles. The van der Waals surface area contributed by atoms with Gasteiger partial charge in [0.2, 0.25) is 11.8 Å². The number of nitrogens with one attached hydrogen (secondary N) is 3. The molecule has 2 aromatic rings. The fourth-order valence-electron chi connectivity index (χ4n) is 3.58. The van der Waals surface area contributed by atoms with Crippen LogP contribution in [0.2, 0.25) is 0 Å². The quantitative estimate of drug-likeness (QED) is 0.122. The van der Waals surface area contributed by atoms with Gasteiger partial charge >= 0.3 is 18.3 Å². The van der Waals surface area contributed by atoms with Crippen molar-refractivity contribution in [2.24, 2.45) is 5.73 Å². The highest BCUT2D eigenvalue weighted by Gasteiger charge is 2.38. The van der Waals surface area contributed by atoms with Crippen LogP contribution in [-0.2, 0) is 25.3 Å². The SMILES string of the molecule is CC(NC(=O)CC(=O)Nc1ccc(C(=N)N)cc1)c1ccc(OCC2CCCO2)c(C(F)(F)F)c1.O=C(O)C(F)(F)F. The number of carbonyl (C=O) groups excluding carboxylic acids is 2. The van der Waals surface area contributed by atoms with Gasteiger partial charge in [0.1, 0.15) is 24.6 Å². The van der Waals surface area contributed by atoms with Crippen LogP contribution in [0, 0.1) is 5.41 Å². The average Bonchev–Trinajstić information content (AvgIpc) is 3.40. The molecule has 1 aliphatic heterocycles. The number of ether oxygens (including phenoxy) is 2. The minimum atomic E-state index is -5.08. The van der Waals surface area contributed by atoms with E-state index in [-0.39, 0.29) is 29.9 Å². The Morgan fingerprint density at radius 2 is 1.71 bits per heavy atom. The number of amides is 2. The van der Waals surface area contributed by atoms with Crippen LogP contribution in [0.25, 0.3) is 0 Å². The van der Waals surface area contributed by atoms with Crippen molar-refractivity contribution in [3.8, 4) is 5.75 Å². The van der Waals surface area contributed by atoms with Crippen LogP contribution in [0.1, 0.15) is 48.9 Å². The van der Waals surface area contributed by atoms with E-state index in [0.29, 0.717) is 17.9 Å². The molecule has 2 amide bonds. The third kappa shape index (κ3) is 10.9. The van der Waals surface area contributed by atoms with Gasteiger partial charge < -0.3 is 30.9 Å². The summed E-state index contributed by atoms with van der Waals surface area (Å²) in [6.07, 6.45) is -8.90. The molecule has 0 aliphatic carbocycles. The van der Waals surface area contributed by atoms with Crippen molar-refractivity contribution in [2.75, 3.05) is 18.5 Å². The Bertz CT molecular complexity index is 1260. The van der Waals surface area contributed by atoms with Crippen LogP contribution in [0.4, 0.5) is 32.0 Å². The molecule has 0 radical (unpaired) electrons. The number of amidine groups is 1. The first-order chi connectivity index (χ1) is 19.5. The van der Waals surface area contributed by atoms with Gasteiger partial charge in [-0.1, -0.05) is 6.07 Å². The highest BCUT2D eigenvalue weighted by atomic mass is 19.4. The van der Waals surface area contributed by atoms with Crippen molar-refractivity contribution in [2.45, 2.75) is 50.7 Å². The lowest BCUT2D eigenvalue weighted by molar-refractivity contribution is -0.192. The molecular weight excluding hydrogens is 578 g/mol. The maximum Gasteiger partial charge on any atom is 0.490 e. The molecule has 0 spiro atoms. The van der Waals surface area contributed by atoms with E-state index in [4.69, 9.17) is 30.5 Å². The van der Waals surface area contributed by atoms with Crippen molar-refractivity contribution < 1.29 is 55.3 Å². The third-order valence-corrected chi connectivity index (χ3v) is 5.68. The van der Waals surface area contributed by atoms with Gasteiger partial charge in [-0.25, -0.2) is 4.79 Å². The summed E-state index contributed by atoms with van der Waals surface area (Å²) in [6.45, 7) is 2.13. The highest BCUT2D eigenvalue weighted by Crippen LogP contribution is 2.38. The van der Waals surface area contributed by atoms with Crippen molar-refractivity contribution in [1.82, 2.24) is 5.32 Å². The van der Waals surface area contributed by atoms with Crippen molar-refractivity contribution >= 4 is 29.3 Å². The van der Waals surface area contributed by atoms with E-state index in [1.54, 1.807) is 12.1 Å². The first-order valence-electron chi connectivity index (χ1n) is 12.3. The number of nitrogen functional groups attached to an aromatic ring is 1. The molecule has 2 atom stereocenters. The van der Waals surface area contributed by atoms with Gasteiger partial charge in [-0.2, -0.15) is 26.3 Å². The second-order valence-electron chi connectivity index (χ2n) is 9.01. The first kappa shape index (κ1) is 33.9. The predicted octanol–water partition coefficient (Wildman–Crippen LogP) is 4.39. The summed E-state index contributed by atoms with van der Waals surface area (Å²) < 4.78 is 83.4. The molecule has 230 valence electrons.